The Bertz CT molecular complexity index is 702. The van der Waals surface area contributed by atoms with E-state index in [0.717, 1.165) is 50.6 Å². The number of furan rings is 1. The van der Waals surface area contributed by atoms with Gasteiger partial charge in [0.2, 0.25) is 0 Å². The Morgan fingerprint density at radius 3 is 2.84 bits per heavy atom. The molecule has 1 aliphatic heterocycles. The molecule has 1 aliphatic rings. The quantitative estimate of drug-likeness (QED) is 0.808. The van der Waals surface area contributed by atoms with Crippen LogP contribution in [-0.4, -0.2) is 51.4 Å². The number of nitrogens with zero attached hydrogens (tertiary/aromatic N) is 4. The van der Waals surface area contributed by atoms with E-state index in [4.69, 9.17) is 4.42 Å². The van der Waals surface area contributed by atoms with Crippen LogP contribution in [0.3, 0.4) is 0 Å². The van der Waals surface area contributed by atoms with Crippen molar-refractivity contribution in [3.63, 3.8) is 0 Å². The van der Waals surface area contributed by atoms with Crippen LogP contribution < -0.4 is 0 Å². The van der Waals surface area contributed by atoms with Crippen molar-refractivity contribution >= 4 is 5.91 Å². The van der Waals surface area contributed by atoms with Crippen molar-refractivity contribution in [3.05, 3.63) is 41.9 Å². The van der Waals surface area contributed by atoms with E-state index >= 15 is 0 Å². The summed E-state index contributed by atoms with van der Waals surface area (Å²) < 4.78 is 8.00. The summed E-state index contributed by atoms with van der Waals surface area (Å²) in [5.74, 6) is 2.29. The first-order valence-electron chi connectivity index (χ1n) is 9.22. The molecule has 0 saturated carbocycles. The second kappa shape index (κ2) is 7.87. The molecule has 136 valence electrons. The summed E-state index contributed by atoms with van der Waals surface area (Å²) in [5.41, 5.74) is 0. The Morgan fingerprint density at radius 2 is 2.16 bits per heavy atom. The zero-order valence-corrected chi connectivity index (χ0v) is 15.4. The van der Waals surface area contributed by atoms with Crippen molar-refractivity contribution in [2.75, 3.05) is 26.2 Å². The molecular formula is C19H28N4O2. The lowest BCUT2D eigenvalue weighted by atomic mass is 10.1. The topological polar surface area (TPSA) is 54.5 Å². The third-order valence-electron chi connectivity index (χ3n) is 5.09. The highest BCUT2D eigenvalue weighted by atomic mass is 16.4. The fourth-order valence-corrected chi connectivity index (χ4v) is 3.54. The number of rotatable bonds is 6. The number of carbonyl (C=O) groups excluding carboxylic acids is 1. The molecule has 0 radical (unpaired) electrons. The number of aromatic nitrogens is 2. The highest BCUT2D eigenvalue weighted by Gasteiger charge is 2.27. The maximum Gasteiger partial charge on any atom is 0.289 e. The first-order chi connectivity index (χ1) is 12.1. The number of hydrogen-bond acceptors (Lipinski definition) is 4. The van der Waals surface area contributed by atoms with Gasteiger partial charge in [-0.3, -0.25) is 9.69 Å². The maximum atomic E-state index is 12.8. The van der Waals surface area contributed by atoms with Gasteiger partial charge in [0.1, 0.15) is 11.6 Å². The minimum absolute atomic E-state index is 0.00624. The number of carbonyl (C=O) groups is 1. The monoisotopic (exact) mass is 344 g/mol. The van der Waals surface area contributed by atoms with Crippen LogP contribution in [0.1, 0.15) is 54.9 Å². The maximum absolute atomic E-state index is 12.8. The molecule has 3 heterocycles. The summed E-state index contributed by atoms with van der Waals surface area (Å²) in [6.07, 6.45) is 5.90. The molecule has 6 heteroatoms. The molecule has 0 aliphatic carbocycles. The first kappa shape index (κ1) is 17.7. The van der Waals surface area contributed by atoms with Gasteiger partial charge < -0.3 is 13.9 Å². The second-order valence-electron chi connectivity index (χ2n) is 6.66. The van der Waals surface area contributed by atoms with Gasteiger partial charge in [-0.1, -0.05) is 13.8 Å². The highest BCUT2D eigenvalue weighted by Crippen LogP contribution is 2.24. The SMILES string of the molecule is CCN(CC)Cc1ccc(C(=O)N2CCCC(n3ccnc3C)C2)o1. The largest absolute Gasteiger partial charge is 0.455 e. The molecule has 1 atom stereocenters. The molecule has 0 aromatic carbocycles. The molecule has 1 fully saturated rings. The molecule has 3 rings (SSSR count). The lowest BCUT2D eigenvalue weighted by Crippen LogP contribution is -2.40. The van der Waals surface area contributed by atoms with E-state index in [1.165, 1.54) is 0 Å². The van der Waals surface area contributed by atoms with Crippen LogP contribution in [0.2, 0.25) is 0 Å². The molecule has 2 aromatic heterocycles. The van der Waals surface area contributed by atoms with Gasteiger partial charge in [0.25, 0.3) is 5.91 Å². The van der Waals surface area contributed by atoms with E-state index in [1.54, 1.807) is 0 Å². The number of piperidine rings is 1. The van der Waals surface area contributed by atoms with Gasteiger partial charge in [-0.2, -0.15) is 0 Å². The van der Waals surface area contributed by atoms with E-state index in [2.05, 4.69) is 28.3 Å². The van der Waals surface area contributed by atoms with Crippen LogP contribution in [0.4, 0.5) is 0 Å². The third kappa shape index (κ3) is 3.95. The minimum Gasteiger partial charge on any atom is -0.455 e. The summed E-state index contributed by atoms with van der Waals surface area (Å²) in [4.78, 5) is 21.3. The number of imidazole rings is 1. The number of aryl methyl sites for hydroxylation is 1. The molecule has 6 nitrogen and oxygen atoms in total. The fourth-order valence-electron chi connectivity index (χ4n) is 3.54. The number of amides is 1. The molecule has 25 heavy (non-hydrogen) atoms. The van der Waals surface area contributed by atoms with Gasteiger partial charge in [0.15, 0.2) is 5.76 Å². The predicted molar refractivity (Wildman–Crippen MR) is 96.5 cm³/mol. The fraction of sp³-hybridized carbons (Fsp3) is 0.579. The normalized spacial score (nSPS) is 18.1. The second-order valence-corrected chi connectivity index (χ2v) is 6.66. The first-order valence-corrected chi connectivity index (χ1v) is 9.22. The molecule has 2 aromatic rings. The van der Waals surface area contributed by atoms with Crippen molar-refractivity contribution in [2.45, 2.75) is 46.2 Å². The van der Waals surface area contributed by atoms with Crippen molar-refractivity contribution in [1.29, 1.82) is 0 Å². The third-order valence-corrected chi connectivity index (χ3v) is 5.09. The standard InChI is InChI=1S/C19H28N4O2/c1-4-21(5-2)14-17-8-9-18(25-17)19(24)22-11-6-7-16(13-22)23-12-10-20-15(23)3/h8-10,12,16H,4-7,11,13-14H2,1-3H3. The van der Waals surface area contributed by atoms with Crippen LogP contribution in [0.5, 0.6) is 0 Å². The molecule has 0 bridgehead atoms. The van der Waals surface area contributed by atoms with Gasteiger partial charge in [-0.05, 0) is 45.0 Å². The summed E-state index contributed by atoms with van der Waals surface area (Å²) in [5, 5.41) is 0. The van der Waals surface area contributed by atoms with E-state index < -0.39 is 0 Å². The molecule has 0 spiro atoms. The van der Waals surface area contributed by atoms with Gasteiger partial charge in [0.05, 0.1) is 12.6 Å². The van der Waals surface area contributed by atoms with Crippen molar-refractivity contribution in [2.24, 2.45) is 0 Å². The van der Waals surface area contributed by atoms with Crippen molar-refractivity contribution in [1.82, 2.24) is 19.4 Å². The van der Waals surface area contributed by atoms with Crippen molar-refractivity contribution < 1.29 is 9.21 Å². The van der Waals surface area contributed by atoms with Crippen molar-refractivity contribution in [3.8, 4) is 0 Å². The molecule has 1 amide bonds. The Hall–Kier alpha value is -2.08. The van der Waals surface area contributed by atoms with Crippen LogP contribution in [0.15, 0.2) is 28.9 Å². The van der Waals surface area contributed by atoms with Gasteiger partial charge in [-0.25, -0.2) is 4.98 Å². The summed E-state index contributed by atoms with van der Waals surface area (Å²) in [6, 6.07) is 4.03. The molecule has 1 saturated heterocycles. The van der Waals surface area contributed by atoms with Crippen LogP contribution >= 0.6 is 0 Å². The Morgan fingerprint density at radius 1 is 1.36 bits per heavy atom. The van der Waals surface area contributed by atoms with Crippen LogP contribution in [0, 0.1) is 6.92 Å². The molecule has 0 N–H and O–H groups in total. The van der Waals surface area contributed by atoms with E-state index in [1.807, 2.05) is 36.4 Å². The average molecular weight is 344 g/mol. The van der Waals surface area contributed by atoms with E-state index in [0.29, 0.717) is 18.3 Å². The van der Waals surface area contributed by atoms with Gasteiger partial charge >= 0.3 is 0 Å². The average Bonchev–Trinajstić information content (AvgIpc) is 3.28. The zero-order valence-electron chi connectivity index (χ0n) is 15.4. The Balaban J connectivity index is 1.66. The lowest BCUT2D eigenvalue weighted by molar-refractivity contribution is 0.0642. The van der Waals surface area contributed by atoms with Gasteiger partial charge in [-0.15, -0.1) is 0 Å². The highest BCUT2D eigenvalue weighted by molar-refractivity contribution is 5.91. The Kier molecular flexibility index (Phi) is 5.58. The van der Waals surface area contributed by atoms with Crippen LogP contribution in [0.25, 0.3) is 0 Å². The summed E-state index contributed by atoms with van der Waals surface area (Å²) >= 11 is 0. The zero-order chi connectivity index (χ0) is 17.8. The lowest BCUT2D eigenvalue weighted by Gasteiger charge is -2.33. The minimum atomic E-state index is -0.00624. The number of hydrogen-bond donors (Lipinski definition) is 0. The number of likely N-dealkylation sites (tertiary alicyclic amines) is 1. The van der Waals surface area contributed by atoms with E-state index in [9.17, 15) is 4.79 Å². The molecule has 1 unspecified atom stereocenters. The molecular weight excluding hydrogens is 316 g/mol. The van der Waals surface area contributed by atoms with Gasteiger partial charge in [0, 0.05) is 25.5 Å². The smallest absolute Gasteiger partial charge is 0.289 e. The summed E-state index contributed by atoms with van der Waals surface area (Å²) in [7, 11) is 0. The summed E-state index contributed by atoms with van der Waals surface area (Å²) in [6.45, 7) is 10.5. The van der Waals surface area contributed by atoms with Crippen LogP contribution in [-0.2, 0) is 6.54 Å². The Labute approximate surface area is 149 Å². The van der Waals surface area contributed by atoms with E-state index in [-0.39, 0.29) is 5.91 Å². The predicted octanol–water partition coefficient (Wildman–Crippen LogP) is 3.10.